The van der Waals surface area contributed by atoms with Gasteiger partial charge >= 0.3 is 6.18 Å². The Labute approximate surface area is 288 Å². The fraction of sp³-hybridized carbons (Fsp3) is 0.297. The van der Waals surface area contributed by atoms with Crippen LogP contribution < -0.4 is 10.1 Å². The number of carbonyl (C=O) groups is 1. The van der Waals surface area contributed by atoms with E-state index in [1.807, 2.05) is 36.4 Å². The summed E-state index contributed by atoms with van der Waals surface area (Å²) in [6, 6.07) is 23.8. The number of piperazine rings is 1. The SMILES string of the molecule is CC(C)Oc1cc(C(F)(F)F)ccc1C1=NC(c2ccc(Cl)cc2)C(c2ccc(Cl)cc2)N1C(=O)c1ccc(CN2CCNCC2)cc1. The van der Waals surface area contributed by atoms with Gasteiger partial charge in [-0.2, -0.15) is 13.2 Å². The van der Waals surface area contributed by atoms with Gasteiger partial charge in [-0.1, -0.05) is 59.6 Å². The largest absolute Gasteiger partial charge is 0.490 e. The fourth-order valence-electron chi connectivity index (χ4n) is 6.12. The van der Waals surface area contributed by atoms with E-state index in [1.165, 1.54) is 6.07 Å². The molecule has 0 spiro atoms. The molecule has 11 heteroatoms. The van der Waals surface area contributed by atoms with Crippen molar-refractivity contribution in [3.05, 3.63) is 134 Å². The lowest BCUT2D eigenvalue weighted by molar-refractivity contribution is -0.137. The first-order valence-corrected chi connectivity index (χ1v) is 16.6. The number of carbonyl (C=O) groups excluding carboxylic acids is 1. The van der Waals surface area contributed by atoms with Crippen LogP contribution in [0.5, 0.6) is 5.75 Å². The molecule has 2 atom stereocenters. The molecule has 6 nitrogen and oxygen atoms in total. The van der Waals surface area contributed by atoms with Crippen LogP contribution in [-0.4, -0.2) is 53.8 Å². The molecule has 4 aromatic rings. The fourth-order valence-corrected chi connectivity index (χ4v) is 6.37. The molecule has 4 aromatic carbocycles. The van der Waals surface area contributed by atoms with Crippen molar-refractivity contribution in [2.24, 2.45) is 4.99 Å². The molecule has 1 amide bonds. The van der Waals surface area contributed by atoms with E-state index in [1.54, 1.807) is 55.1 Å². The highest BCUT2D eigenvalue weighted by Gasteiger charge is 2.44. The number of amidine groups is 1. The minimum Gasteiger partial charge on any atom is -0.490 e. The zero-order chi connectivity index (χ0) is 34.0. The standard InChI is InChI=1S/C37H35Cl2F3N4O2/c1-23(2)48-32-21-28(37(40,41)42)11-16-31(32)35-44-33(25-7-12-29(38)13-8-25)34(26-9-14-30(39)15-10-26)46(35)36(47)27-5-3-24(4-6-27)22-45-19-17-43-18-20-45/h3-16,21,23,33-34,43H,17-20,22H2,1-2H3. The number of nitrogens with zero attached hydrogens (tertiary/aromatic N) is 3. The number of amides is 1. The highest BCUT2D eigenvalue weighted by atomic mass is 35.5. The summed E-state index contributed by atoms with van der Waals surface area (Å²) in [5, 5.41) is 4.41. The van der Waals surface area contributed by atoms with Gasteiger partial charge < -0.3 is 10.1 Å². The number of halogens is 5. The van der Waals surface area contributed by atoms with Crippen molar-refractivity contribution < 1.29 is 22.7 Å². The molecule has 0 radical (unpaired) electrons. The van der Waals surface area contributed by atoms with Gasteiger partial charge in [-0.15, -0.1) is 0 Å². The molecular weight excluding hydrogens is 660 g/mol. The second-order valence-electron chi connectivity index (χ2n) is 12.2. The summed E-state index contributed by atoms with van der Waals surface area (Å²) >= 11 is 12.5. The second kappa shape index (κ2) is 14.3. The third kappa shape index (κ3) is 7.55. The lowest BCUT2D eigenvalue weighted by atomic mass is 9.93. The molecule has 0 aromatic heterocycles. The van der Waals surface area contributed by atoms with Crippen LogP contribution in [0.4, 0.5) is 13.2 Å². The summed E-state index contributed by atoms with van der Waals surface area (Å²) in [4.78, 5) is 23.8. The molecule has 48 heavy (non-hydrogen) atoms. The molecule has 6 rings (SSSR count). The van der Waals surface area contributed by atoms with Crippen molar-refractivity contribution in [1.29, 1.82) is 0 Å². The van der Waals surface area contributed by atoms with Gasteiger partial charge in [0.2, 0.25) is 0 Å². The lowest BCUT2D eigenvalue weighted by Gasteiger charge is -2.30. The molecule has 1 fully saturated rings. The van der Waals surface area contributed by atoms with Crippen LogP contribution in [0.25, 0.3) is 0 Å². The summed E-state index contributed by atoms with van der Waals surface area (Å²) in [5.74, 6) is -0.169. The molecule has 1 N–H and O–H groups in total. The van der Waals surface area contributed by atoms with Gasteiger partial charge in [0, 0.05) is 48.3 Å². The quantitative estimate of drug-likeness (QED) is 0.201. The first-order chi connectivity index (χ1) is 23.0. The number of ether oxygens (including phenoxy) is 1. The van der Waals surface area contributed by atoms with Crippen LogP contribution in [0.15, 0.2) is 96.0 Å². The summed E-state index contributed by atoms with van der Waals surface area (Å²) < 4.78 is 47.6. The lowest BCUT2D eigenvalue weighted by Crippen LogP contribution is -2.42. The van der Waals surface area contributed by atoms with Crippen LogP contribution >= 0.6 is 23.2 Å². The number of hydrogen-bond donors (Lipinski definition) is 1. The Morgan fingerprint density at radius 2 is 1.50 bits per heavy atom. The van der Waals surface area contributed by atoms with E-state index in [4.69, 9.17) is 32.9 Å². The minimum absolute atomic E-state index is 0.0191. The van der Waals surface area contributed by atoms with Gasteiger partial charge in [0.15, 0.2) is 0 Å². The first-order valence-electron chi connectivity index (χ1n) is 15.8. The Morgan fingerprint density at radius 3 is 2.08 bits per heavy atom. The molecule has 0 saturated carbocycles. The van der Waals surface area contributed by atoms with Gasteiger partial charge in [-0.25, -0.2) is 0 Å². The van der Waals surface area contributed by atoms with Gasteiger partial charge in [0.1, 0.15) is 17.6 Å². The summed E-state index contributed by atoms with van der Waals surface area (Å²) in [5.41, 5.74) is 2.43. The predicted molar refractivity (Wildman–Crippen MR) is 183 cm³/mol. The number of alkyl halides is 3. The van der Waals surface area contributed by atoms with Gasteiger partial charge in [0.25, 0.3) is 5.91 Å². The highest BCUT2D eigenvalue weighted by molar-refractivity contribution is 6.30. The Morgan fingerprint density at radius 1 is 0.896 bits per heavy atom. The van der Waals surface area contributed by atoms with Crippen LogP contribution in [0.2, 0.25) is 10.0 Å². The van der Waals surface area contributed by atoms with Crippen molar-refractivity contribution in [2.45, 2.75) is 44.8 Å². The van der Waals surface area contributed by atoms with E-state index >= 15 is 0 Å². The molecule has 1 saturated heterocycles. The smallest absolute Gasteiger partial charge is 0.416 e. The van der Waals surface area contributed by atoms with Crippen LogP contribution in [0, 0.1) is 0 Å². The average molecular weight is 696 g/mol. The highest BCUT2D eigenvalue weighted by Crippen LogP contribution is 2.46. The van der Waals surface area contributed by atoms with E-state index < -0.39 is 29.9 Å². The topological polar surface area (TPSA) is 57.2 Å². The minimum atomic E-state index is -4.59. The van der Waals surface area contributed by atoms with Crippen LogP contribution in [-0.2, 0) is 12.7 Å². The maximum atomic E-state index is 14.7. The van der Waals surface area contributed by atoms with E-state index in [2.05, 4.69) is 10.2 Å². The van der Waals surface area contributed by atoms with Crippen molar-refractivity contribution in [2.75, 3.05) is 26.2 Å². The van der Waals surface area contributed by atoms with E-state index in [9.17, 15) is 18.0 Å². The van der Waals surface area contributed by atoms with Crippen LogP contribution in [0.3, 0.4) is 0 Å². The summed E-state index contributed by atoms with van der Waals surface area (Å²) in [6.45, 7) is 7.98. The Kier molecular flexibility index (Phi) is 10.1. The zero-order valence-electron chi connectivity index (χ0n) is 26.5. The van der Waals surface area contributed by atoms with Crippen molar-refractivity contribution in [3.63, 3.8) is 0 Å². The van der Waals surface area contributed by atoms with E-state index in [-0.39, 0.29) is 23.1 Å². The zero-order valence-corrected chi connectivity index (χ0v) is 28.0. The second-order valence-corrected chi connectivity index (χ2v) is 13.1. The molecule has 2 aliphatic rings. The molecule has 2 heterocycles. The number of nitrogens with one attached hydrogen (secondary N) is 1. The van der Waals surface area contributed by atoms with Gasteiger partial charge in [-0.05, 0) is 85.1 Å². The van der Waals surface area contributed by atoms with E-state index in [0.717, 1.165) is 61.5 Å². The maximum absolute atomic E-state index is 14.7. The Bertz CT molecular complexity index is 1770. The molecule has 2 aliphatic heterocycles. The number of rotatable bonds is 8. The third-order valence-electron chi connectivity index (χ3n) is 8.44. The van der Waals surface area contributed by atoms with E-state index in [0.29, 0.717) is 15.6 Å². The monoisotopic (exact) mass is 694 g/mol. The molecule has 2 unspecified atom stereocenters. The van der Waals surface area contributed by atoms with Gasteiger partial charge in [0.05, 0.1) is 23.3 Å². The predicted octanol–water partition coefficient (Wildman–Crippen LogP) is 8.59. The van der Waals surface area contributed by atoms with Crippen LogP contribution in [0.1, 0.15) is 64.1 Å². The van der Waals surface area contributed by atoms with Crippen molar-refractivity contribution in [3.8, 4) is 5.75 Å². The third-order valence-corrected chi connectivity index (χ3v) is 8.94. The molecule has 250 valence electrons. The average Bonchev–Trinajstić information content (AvgIpc) is 3.45. The number of benzene rings is 4. The Balaban J connectivity index is 1.48. The summed E-state index contributed by atoms with van der Waals surface area (Å²) in [7, 11) is 0. The van der Waals surface area contributed by atoms with Crippen molar-refractivity contribution >= 4 is 34.9 Å². The summed E-state index contributed by atoms with van der Waals surface area (Å²) in [6.07, 6.45) is -5.04. The van der Waals surface area contributed by atoms with Gasteiger partial charge in [-0.3, -0.25) is 19.6 Å². The Hall–Kier alpha value is -3.89. The molecular formula is C37H35Cl2F3N4O2. The number of aliphatic imine (C=N–C) groups is 1. The van der Waals surface area contributed by atoms with Crippen molar-refractivity contribution in [1.82, 2.24) is 15.1 Å². The number of hydrogen-bond acceptors (Lipinski definition) is 5. The molecule has 0 aliphatic carbocycles. The normalized spacial score (nSPS) is 18.7. The first kappa shape index (κ1) is 34.0. The maximum Gasteiger partial charge on any atom is 0.416 e. The molecule has 0 bridgehead atoms.